The van der Waals surface area contributed by atoms with Crippen LogP contribution in [-0.2, 0) is 4.79 Å². The molecule has 24 heavy (non-hydrogen) atoms. The van der Waals surface area contributed by atoms with Gasteiger partial charge in [0.2, 0.25) is 5.91 Å². The molecule has 0 spiro atoms. The summed E-state index contributed by atoms with van der Waals surface area (Å²) in [7, 11) is 1.83. The first kappa shape index (κ1) is 17.5. The third-order valence-electron chi connectivity index (χ3n) is 4.89. The number of rotatable bonds is 3. The smallest absolute Gasteiger partial charge is 0.254 e. The van der Waals surface area contributed by atoms with Gasteiger partial charge in [0, 0.05) is 31.7 Å². The van der Waals surface area contributed by atoms with E-state index in [1.165, 1.54) is 0 Å². The number of likely N-dealkylation sites (tertiary alicyclic amines) is 1. The predicted molar refractivity (Wildman–Crippen MR) is 94.6 cm³/mol. The van der Waals surface area contributed by atoms with Crippen LogP contribution in [-0.4, -0.2) is 60.4 Å². The summed E-state index contributed by atoms with van der Waals surface area (Å²) < 4.78 is 0. The van der Waals surface area contributed by atoms with Gasteiger partial charge in [-0.2, -0.15) is 0 Å². The third-order valence-corrected chi connectivity index (χ3v) is 5.63. The molecule has 2 saturated heterocycles. The van der Waals surface area contributed by atoms with E-state index in [1.807, 2.05) is 7.05 Å². The average molecular weight is 370 g/mol. The minimum absolute atomic E-state index is 0.0228. The Bertz CT molecular complexity index is 647. The molecule has 0 bridgehead atoms. The maximum absolute atomic E-state index is 12.9. The number of hydrogen-bond acceptors (Lipinski definition) is 3. The van der Waals surface area contributed by atoms with Gasteiger partial charge in [-0.15, -0.1) is 0 Å². The molecule has 5 nitrogen and oxygen atoms in total. The molecule has 0 saturated carbocycles. The summed E-state index contributed by atoms with van der Waals surface area (Å²) in [6.45, 7) is 2.33. The summed E-state index contributed by atoms with van der Waals surface area (Å²) in [4.78, 5) is 29.1. The number of halogens is 2. The van der Waals surface area contributed by atoms with Crippen LogP contribution in [0.5, 0.6) is 0 Å². The molecule has 1 N–H and O–H groups in total. The molecule has 3 rings (SSSR count). The molecule has 1 aromatic rings. The van der Waals surface area contributed by atoms with Crippen LogP contribution in [0.15, 0.2) is 18.2 Å². The van der Waals surface area contributed by atoms with Crippen molar-refractivity contribution in [1.29, 1.82) is 0 Å². The van der Waals surface area contributed by atoms with Gasteiger partial charge in [-0.3, -0.25) is 9.59 Å². The van der Waals surface area contributed by atoms with E-state index in [0.29, 0.717) is 28.6 Å². The highest BCUT2D eigenvalue weighted by atomic mass is 35.5. The van der Waals surface area contributed by atoms with Gasteiger partial charge in [-0.1, -0.05) is 23.2 Å². The number of likely N-dealkylation sites (N-methyl/N-ethyl adjacent to an activating group) is 1. The summed E-state index contributed by atoms with van der Waals surface area (Å²) >= 11 is 11.9. The summed E-state index contributed by atoms with van der Waals surface area (Å²) in [6.07, 6.45) is 2.49. The normalized spacial score (nSPS) is 23.5. The fourth-order valence-corrected chi connectivity index (χ4v) is 3.74. The van der Waals surface area contributed by atoms with Crippen molar-refractivity contribution in [3.8, 4) is 0 Å². The zero-order valence-electron chi connectivity index (χ0n) is 13.6. The Morgan fingerprint density at radius 1 is 1.25 bits per heavy atom. The van der Waals surface area contributed by atoms with Gasteiger partial charge in [0.25, 0.3) is 5.91 Å². The highest BCUT2D eigenvalue weighted by Gasteiger charge is 2.38. The lowest BCUT2D eigenvalue weighted by atomic mass is 10.1. The third kappa shape index (κ3) is 3.39. The van der Waals surface area contributed by atoms with E-state index in [1.54, 1.807) is 28.0 Å². The molecule has 0 aromatic heterocycles. The van der Waals surface area contributed by atoms with Crippen molar-refractivity contribution in [3.63, 3.8) is 0 Å². The molecule has 2 heterocycles. The molecule has 2 atom stereocenters. The maximum Gasteiger partial charge on any atom is 0.254 e. The first-order valence-electron chi connectivity index (χ1n) is 8.22. The maximum atomic E-state index is 12.9. The highest BCUT2D eigenvalue weighted by molar-refractivity contribution is 6.42. The number of nitrogens with one attached hydrogen (secondary N) is 1. The summed E-state index contributed by atoms with van der Waals surface area (Å²) in [6, 6.07) is 4.65. The van der Waals surface area contributed by atoms with Gasteiger partial charge in [0.1, 0.15) is 6.04 Å². The Morgan fingerprint density at radius 2 is 2.04 bits per heavy atom. The minimum atomic E-state index is -0.391. The molecule has 2 unspecified atom stereocenters. The molecule has 7 heteroatoms. The quantitative estimate of drug-likeness (QED) is 0.889. The molecule has 2 aliphatic rings. The summed E-state index contributed by atoms with van der Waals surface area (Å²) in [5, 5.41) is 4.03. The Labute approximate surface area is 151 Å². The van der Waals surface area contributed by atoms with E-state index >= 15 is 0 Å². The summed E-state index contributed by atoms with van der Waals surface area (Å²) in [5.74, 6) is -0.142. The number of amides is 2. The average Bonchev–Trinajstić information content (AvgIpc) is 3.26. The second-order valence-corrected chi connectivity index (χ2v) is 7.20. The van der Waals surface area contributed by atoms with Crippen LogP contribution in [0.1, 0.15) is 29.6 Å². The second-order valence-electron chi connectivity index (χ2n) is 6.38. The van der Waals surface area contributed by atoms with Crippen molar-refractivity contribution in [3.05, 3.63) is 33.8 Å². The zero-order valence-corrected chi connectivity index (χ0v) is 15.1. The van der Waals surface area contributed by atoms with E-state index in [2.05, 4.69) is 5.32 Å². The Hall–Kier alpha value is -1.30. The van der Waals surface area contributed by atoms with Gasteiger partial charge < -0.3 is 15.1 Å². The van der Waals surface area contributed by atoms with Crippen LogP contribution >= 0.6 is 23.2 Å². The lowest BCUT2D eigenvalue weighted by Crippen LogP contribution is -2.50. The largest absolute Gasteiger partial charge is 0.340 e. The molecule has 2 amide bonds. The van der Waals surface area contributed by atoms with Crippen molar-refractivity contribution in [1.82, 2.24) is 15.1 Å². The lowest BCUT2D eigenvalue weighted by Gasteiger charge is -2.31. The lowest BCUT2D eigenvalue weighted by molar-refractivity contribution is -0.135. The van der Waals surface area contributed by atoms with Crippen molar-refractivity contribution >= 4 is 35.0 Å². The van der Waals surface area contributed by atoms with Crippen LogP contribution in [0, 0.1) is 0 Å². The number of hydrogen-bond donors (Lipinski definition) is 1. The molecule has 1 aromatic carbocycles. The van der Waals surface area contributed by atoms with Crippen molar-refractivity contribution in [2.24, 2.45) is 0 Å². The number of nitrogens with zero attached hydrogens (tertiary/aromatic N) is 2. The van der Waals surface area contributed by atoms with Crippen molar-refractivity contribution < 1.29 is 9.59 Å². The Balaban J connectivity index is 1.75. The van der Waals surface area contributed by atoms with E-state index in [9.17, 15) is 9.59 Å². The molecule has 2 aliphatic heterocycles. The Kier molecular flexibility index (Phi) is 5.33. The summed E-state index contributed by atoms with van der Waals surface area (Å²) in [5.41, 5.74) is 0.467. The van der Waals surface area contributed by atoms with E-state index in [4.69, 9.17) is 23.2 Å². The second kappa shape index (κ2) is 7.30. The Morgan fingerprint density at radius 3 is 2.71 bits per heavy atom. The molecule has 130 valence electrons. The standard InChI is InChI=1S/C17H21Cl2N3O2/c1-21(12-6-7-20-10-12)17(24)15-3-2-8-22(15)16(23)11-4-5-13(18)14(19)9-11/h4-5,9,12,15,20H,2-3,6-8,10H2,1H3. The van der Waals surface area contributed by atoms with Crippen molar-refractivity contribution in [2.75, 3.05) is 26.7 Å². The SMILES string of the molecule is CN(C(=O)C1CCCN1C(=O)c1ccc(Cl)c(Cl)c1)C1CCNC1. The van der Waals surface area contributed by atoms with Gasteiger partial charge in [-0.25, -0.2) is 0 Å². The molecule has 2 fully saturated rings. The van der Waals surface area contributed by atoms with Gasteiger partial charge in [0.05, 0.1) is 10.0 Å². The van der Waals surface area contributed by atoms with Crippen LogP contribution in [0.4, 0.5) is 0 Å². The van der Waals surface area contributed by atoms with Gasteiger partial charge in [-0.05, 0) is 44.0 Å². The number of benzene rings is 1. The van der Waals surface area contributed by atoms with Crippen LogP contribution in [0.3, 0.4) is 0 Å². The van der Waals surface area contributed by atoms with Crippen LogP contribution in [0.25, 0.3) is 0 Å². The van der Waals surface area contributed by atoms with Crippen LogP contribution in [0.2, 0.25) is 10.0 Å². The first-order chi connectivity index (χ1) is 11.5. The van der Waals surface area contributed by atoms with Gasteiger partial charge >= 0.3 is 0 Å². The number of carbonyl (C=O) groups excluding carboxylic acids is 2. The van der Waals surface area contributed by atoms with Crippen LogP contribution < -0.4 is 5.32 Å². The molecule has 0 aliphatic carbocycles. The number of carbonyl (C=O) groups is 2. The molecule has 0 radical (unpaired) electrons. The van der Waals surface area contributed by atoms with Gasteiger partial charge in [0.15, 0.2) is 0 Å². The monoisotopic (exact) mass is 369 g/mol. The first-order valence-corrected chi connectivity index (χ1v) is 8.98. The zero-order chi connectivity index (χ0) is 17.3. The minimum Gasteiger partial charge on any atom is -0.340 e. The van der Waals surface area contributed by atoms with E-state index in [-0.39, 0.29) is 17.9 Å². The fraction of sp³-hybridized carbons (Fsp3) is 0.529. The molecular weight excluding hydrogens is 349 g/mol. The topological polar surface area (TPSA) is 52.7 Å². The predicted octanol–water partition coefficient (Wildman–Crippen LogP) is 2.42. The molecular formula is C17H21Cl2N3O2. The highest BCUT2D eigenvalue weighted by Crippen LogP contribution is 2.27. The fourth-order valence-electron chi connectivity index (χ4n) is 3.45. The van der Waals surface area contributed by atoms with E-state index in [0.717, 1.165) is 25.9 Å². The van der Waals surface area contributed by atoms with Crippen molar-refractivity contribution in [2.45, 2.75) is 31.3 Å². The van der Waals surface area contributed by atoms with E-state index < -0.39 is 6.04 Å².